The maximum absolute atomic E-state index is 13.6. The highest BCUT2D eigenvalue weighted by atomic mass is 16.5. The van der Waals surface area contributed by atoms with Crippen LogP contribution in [0.4, 0.5) is 5.69 Å². The third kappa shape index (κ3) is 4.41. The number of nitrogens with one attached hydrogen (secondary N) is 1. The number of aromatic nitrogens is 2. The van der Waals surface area contributed by atoms with Crippen molar-refractivity contribution >= 4 is 17.6 Å². The van der Waals surface area contributed by atoms with E-state index in [0.717, 1.165) is 44.2 Å². The van der Waals surface area contributed by atoms with Gasteiger partial charge in [-0.15, -0.1) is 0 Å². The number of ether oxygens (including phenoxy) is 1. The lowest BCUT2D eigenvalue weighted by molar-refractivity contribution is -0.158. The molecule has 1 aromatic heterocycles. The Labute approximate surface area is 192 Å². The van der Waals surface area contributed by atoms with Gasteiger partial charge in [0.05, 0.1) is 6.54 Å². The highest BCUT2D eigenvalue weighted by molar-refractivity contribution is 5.97. The topological polar surface area (TPSA) is 93.5 Å². The Morgan fingerprint density at radius 3 is 2.33 bits per heavy atom. The molecule has 0 bridgehead atoms. The van der Waals surface area contributed by atoms with Gasteiger partial charge in [-0.25, -0.2) is 4.79 Å². The summed E-state index contributed by atoms with van der Waals surface area (Å²) < 4.78 is 7.47. The number of aryl methyl sites for hydroxylation is 2. The summed E-state index contributed by atoms with van der Waals surface area (Å²) in [5.41, 5.74) is 6.64. The number of carboxylic acid groups (broad SMARTS) is 1. The molecule has 33 heavy (non-hydrogen) atoms. The second kappa shape index (κ2) is 9.19. The lowest BCUT2D eigenvalue weighted by atomic mass is 9.98. The van der Waals surface area contributed by atoms with Crippen LogP contribution in [0.15, 0.2) is 54.9 Å². The van der Waals surface area contributed by atoms with Crippen LogP contribution in [-0.2, 0) is 46.6 Å². The summed E-state index contributed by atoms with van der Waals surface area (Å²) in [6, 6.07) is 13.1. The summed E-state index contributed by atoms with van der Waals surface area (Å²) >= 11 is 0. The normalized spacial score (nSPS) is 16.1. The monoisotopic (exact) mass is 445 g/mol. The molecule has 3 aromatic rings. The number of hydrogen-bond acceptors (Lipinski definition) is 4. The van der Waals surface area contributed by atoms with Crippen molar-refractivity contribution in [2.24, 2.45) is 0 Å². The molecule has 7 nitrogen and oxygen atoms in total. The van der Waals surface area contributed by atoms with E-state index in [9.17, 15) is 14.7 Å². The van der Waals surface area contributed by atoms with E-state index in [4.69, 9.17) is 4.74 Å². The van der Waals surface area contributed by atoms with Gasteiger partial charge in [0.2, 0.25) is 0 Å². The quantitative estimate of drug-likeness (QED) is 0.551. The van der Waals surface area contributed by atoms with E-state index >= 15 is 0 Å². The molecule has 2 aliphatic carbocycles. The molecular weight excluding hydrogens is 418 g/mol. The van der Waals surface area contributed by atoms with Gasteiger partial charge < -0.3 is 15.2 Å². The smallest absolute Gasteiger partial charge is 0.334 e. The first-order chi connectivity index (χ1) is 16.1. The van der Waals surface area contributed by atoms with Crippen LogP contribution < -0.4 is 5.32 Å². The number of amides is 1. The molecule has 2 aromatic carbocycles. The lowest BCUT2D eigenvalue weighted by Gasteiger charge is -2.24. The SMILES string of the molecule is O=C(Nc1c2c(cc3c1CCC3)CCC2)C(O[C@H](Cn1cccn1)C(=O)O)c1ccccc1. The van der Waals surface area contributed by atoms with Crippen molar-refractivity contribution in [2.75, 3.05) is 5.32 Å². The molecule has 0 aliphatic heterocycles. The number of carbonyl (C=O) groups is 2. The van der Waals surface area contributed by atoms with Gasteiger partial charge in [-0.05, 0) is 72.4 Å². The fraction of sp³-hybridized carbons (Fsp3) is 0.346. The summed E-state index contributed by atoms with van der Waals surface area (Å²) in [5, 5.41) is 17.0. The van der Waals surface area contributed by atoms with E-state index in [0.29, 0.717) is 5.56 Å². The number of benzene rings is 2. The summed E-state index contributed by atoms with van der Waals surface area (Å²) in [6.07, 6.45) is 7.12. The van der Waals surface area contributed by atoms with Crippen molar-refractivity contribution in [3.63, 3.8) is 0 Å². The van der Waals surface area contributed by atoms with Gasteiger partial charge in [0.25, 0.3) is 5.91 Å². The Kier molecular flexibility index (Phi) is 5.96. The number of carbonyl (C=O) groups excluding carboxylic acids is 1. The Morgan fingerprint density at radius 2 is 1.73 bits per heavy atom. The van der Waals surface area contributed by atoms with Gasteiger partial charge >= 0.3 is 5.97 Å². The van der Waals surface area contributed by atoms with Crippen molar-refractivity contribution in [3.05, 3.63) is 82.7 Å². The second-order valence-corrected chi connectivity index (χ2v) is 8.71. The van der Waals surface area contributed by atoms with E-state index in [1.54, 1.807) is 30.6 Å². The van der Waals surface area contributed by atoms with E-state index in [-0.39, 0.29) is 12.5 Å². The molecule has 1 amide bonds. The minimum absolute atomic E-state index is 0.00901. The molecule has 0 fully saturated rings. The first-order valence-electron chi connectivity index (χ1n) is 11.5. The summed E-state index contributed by atoms with van der Waals surface area (Å²) in [6.45, 7) is 0.00901. The third-order valence-electron chi connectivity index (χ3n) is 6.55. The molecule has 5 rings (SSSR count). The molecule has 0 saturated carbocycles. The van der Waals surface area contributed by atoms with E-state index in [1.165, 1.54) is 26.9 Å². The van der Waals surface area contributed by atoms with Gasteiger partial charge in [0.1, 0.15) is 0 Å². The van der Waals surface area contributed by atoms with Crippen LogP contribution >= 0.6 is 0 Å². The van der Waals surface area contributed by atoms with Crippen molar-refractivity contribution in [3.8, 4) is 0 Å². The number of carboxylic acids is 1. The van der Waals surface area contributed by atoms with Crippen LogP contribution in [-0.4, -0.2) is 32.9 Å². The summed E-state index contributed by atoms with van der Waals surface area (Å²) in [5.74, 6) is -1.48. The fourth-order valence-electron chi connectivity index (χ4n) is 5.00. The van der Waals surface area contributed by atoms with Crippen LogP contribution in [0.3, 0.4) is 0 Å². The minimum Gasteiger partial charge on any atom is -0.479 e. The van der Waals surface area contributed by atoms with Crippen molar-refractivity contribution < 1.29 is 19.4 Å². The zero-order chi connectivity index (χ0) is 22.8. The van der Waals surface area contributed by atoms with Gasteiger partial charge in [-0.2, -0.15) is 5.10 Å². The van der Waals surface area contributed by atoms with Crippen LogP contribution in [0.25, 0.3) is 0 Å². The first-order valence-corrected chi connectivity index (χ1v) is 11.5. The van der Waals surface area contributed by atoms with Crippen molar-refractivity contribution in [1.82, 2.24) is 9.78 Å². The second-order valence-electron chi connectivity index (χ2n) is 8.71. The predicted octanol–water partition coefficient (Wildman–Crippen LogP) is 3.71. The molecular formula is C26H27N3O4. The molecule has 0 radical (unpaired) electrons. The molecule has 2 N–H and O–H groups in total. The molecule has 0 spiro atoms. The van der Waals surface area contributed by atoms with E-state index < -0.39 is 18.2 Å². The van der Waals surface area contributed by atoms with Crippen LogP contribution in [0, 0.1) is 0 Å². The van der Waals surface area contributed by atoms with Gasteiger partial charge in [0.15, 0.2) is 12.2 Å². The number of hydrogen-bond donors (Lipinski definition) is 2. The number of anilines is 1. The molecule has 1 unspecified atom stereocenters. The Balaban J connectivity index is 1.46. The molecule has 1 heterocycles. The van der Waals surface area contributed by atoms with Gasteiger partial charge in [-0.1, -0.05) is 36.4 Å². The van der Waals surface area contributed by atoms with Crippen LogP contribution in [0.1, 0.15) is 46.8 Å². The van der Waals surface area contributed by atoms with E-state index in [2.05, 4.69) is 16.5 Å². The average molecular weight is 446 g/mol. The van der Waals surface area contributed by atoms with Crippen LogP contribution in [0.5, 0.6) is 0 Å². The molecule has 0 saturated heterocycles. The maximum atomic E-state index is 13.6. The highest BCUT2D eigenvalue weighted by Gasteiger charge is 2.32. The van der Waals surface area contributed by atoms with Crippen LogP contribution in [0.2, 0.25) is 0 Å². The average Bonchev–Trinajstić information content (AvgIpc) is 3.58. The highest BCUT2D eigenvalue weighted by Crippen LogP contribution is 2.39. The predicted molar refractivity (Wildman–Crippen MR) is 123 cm³/mol. The minimum atomic E-state index is -1.23. The summed E-state index contributed by atoms with van der Waals surface area (Å²) in [7, 11) is 0. The molecule has 2 aliphatic rings. The first kappa shape index (κ1) is 21.4. The molecule has 7 heteroatoms. The fourth-order valence-corrected chi connectivity index (χ4v) is 5.00. The Hall–Kier alpha value is -3.45. The number of nitrogens with zero attached hydrogens (tertiary/aromatic N) is 2. The largest absolute Gasteiger partial charge is 0.479 e. The third-order valence-corrected chi connectivity index (χ3v) is 6.55. The Bertz CT molecular complexity index is 1130. The molecule has 2 atom stereocenters. The summed E-state index contributed by atoms with van der Waals surface area (Å²) in [4.78, 5) is 25.6. The maximum Gasteiger partial charge on any atom is 0.334 e. The lowest BCUT2D eigenvalue weighted by Crippen LogP contribution is -2.35. The zero-order valence-corrected chi connectivity index (χ0v) is 18.4. The Morgan fingerprint density at radius 1 is 1.03 bits per heavy atom. The van der Waals surface area contributed by atoms with E-state index in [1.807, 2.05) is 18.2 Å². The molecule has 170 valence electrons. The number of fused-ring (bicyclic) bond motifs is 2. The van der Waals surface area contributed by atoms with Gasteiger partial charge in [-0.3, -0.25) is 9.48 Å². The number of aliphatic carboxylic acids is 1. The van der Waals surface area contributed by atoms with Gasteiger partial charge in [0, 0.05) is 18.1 Å². The van der Waals surface area contributed by atoms with Crippen molar-refractivity contribution in [2.45, 2.75) is 57.3 Å². The standard InChI is InChI=1S/C26H27N3O4/c30-25(28-23-20-11-4-9-18(20)15-19-10-5-12-21(19)23)24(17-7-2-1-3-8-17)33-22(26(31)32)16-29-14-6-13-27-29/h1-3,6-8,13-15,22,24H,4-5,9-12,16H2,(H,28,30)(H,31,32)/t22-,24?/m1/s1. The van der Waals surface area contributed by atoms with Crippen molar-refractivity contribution in [1.29, 1.82) is 0 Å². The zero-order valence-electron chi connectivity index (χ0n) is 18.4. The number of rotatable bonds is 8.